The maximum absolute atomic E-state index is 12.7. The normalized spacial score (nSPS) is 17.4. The molecule has 6 heteroatoms. The largest absolute Gasteiger partial charge is 0.384 e. The van der Waals surface area contributed by atoms with Crippen LogP contribution in [0.3, 0.4) is 0 Å². The van der Waals surface area contributed by atoms with E-state index in [0.29, 0.717) is 13.2 Å². The van der Waals surface area contributed by atoms with Crippen molar-refractivity contribution in [2.45, 2.75) is 46.1 Å². The smallest absolute Gasteiger partial charge is 0.228 e. The van der Waals surface area contributed by atoms with Gasteiger partial charge in [-0.15, -0.1) is 0 Å². The van der Waals surface area contributed by atoms with E-state index in [1.807, 2.05) is 13.8 Å². The lowest BCUT2D eigenvalue weighted by molar-refractivity contribution is -0.136. The molecule has 1 aromatic rings. The van der Waals surface area contributed by atoms with Crippen molar-refractivity contribution in [1.29, 1.82) is 0 Å². The second kappa shape index (κ2) is 7.74. The third-order valence-electron chi connectivity index (χ3n) is 4.50. The molecule has 0 aromatic carbocycles. The number of hydrogen-bond acceptors (Lipinski definition) is 5. The lowest BCUT2D eigenvalue weighted by Gasteiger charge is -2.35. The molecule has 22 heavy (non-hydrogen) atoms. The van der Waals surface area contributed by atoms with E-state index in [2.05, 4.69) is 15.8 Å². The average Bonchev–Trinajstić information content (AvgIpc) is 2.95. The van der Waals surface area contributed by atoms with Gasteiger partial charge in [0, 0.05) is 25.6 Å². The van der Waals surface area contributed by atoms with Crippen LogP contribution in [0.15, 0.2) is 4.52 Å². The third-order valence-corrected chi connectivity index (χ3v) is 4.50. The molecular weight excluding hydrogens is 282 g/mol. The van der Waals surface area contributed by atoms with Gasteiger partial charge in [0.05, 0.1) is 17.7 Å². The Labute approximate surface area is 132 Å². The fraction of sp³-hybridized carbons (Fsp3) is 0.750. The van der Waals surface area contributed by atoms with Crippen LogP contribution in [0.25, 0.3) is 0 Å². The van der Waals surface area contributed by atoms with Crippen LogP contribution < -0.4 is 10.6 Å². The van der Waals surface area contributed by atoms with Crippen molar-refractivity contribution in [2.24, 2.45) is 5.41 Å². The number of rotatable bonds is 7. The molecule has 1 aromatic heterocycles. The van der Waals surface area contributed by atoms with Gasteiger partial charge in [-0.3, -0.25) is 4.79 Å². The summed E-state index contributed by atoms with van der Waals surface area (Å²) in [5, 5.41) is 10.5. The fourth-order valence-corrected chi connectivity index (χ4v) is 3.11. The number of amides is 1. The Balaban J connectivity index is 2.06. The van der Waals surface area contributed by atoms with Crippen molar-refractivity contribution in [3.05, 3.63) is 17.0 Å². The molecule has 124 valence electrons. The molecular formula is C16H27N3O3. The van der Waals surface area contributed by atoms with Crippen LogP contribution in [0, 0.1) is 5.41 Å². The summed E-state index contributed by atoms with van der Waals surface area (Å²) in [7, 11) is 1.65. The molecule has 0 saturated carbocycles. The minimum atomic E-state index is -0.421. The highest BCUT2D eigenvalue weighted by Crippen LogP contribution is 2.29. The molecule has 1 saturated heterocycles. The summed E-state index contributed by atoms with van der Waals surface area (Å²) in [5.41, 5.74) is 1.54. The zero-order valence-corrected chi connectivity index (χ0v) is 13.8. The van der Waals surface area contributed by atoms with Crippen LogP contribution in [0.4, 0.5) is 0 Å². The Hall–Kier alpha value is -1.40. The number of carbonyl (C=O) groups is 1. The molecule has 0 spiro atoms. The van der Waals surface area contributed by atoms with Gasteiger partial charge in [0.25, 0.3) is 0 Å². The molecule has 1 amide bonds. The molecule has 0 radical (unpaired) electrons. The molecule has 2 heterocycles. The van der Waals surface area contributed by atoms with Crippen molar-refractivity contribution in [2.75, 3.05) is 26.8 Å². The van der Waals surface area contributed by atoms with Gasteiger partial charge in [-0.05, 0) is 32.4 Å². The second-order valence-corrected chi connectivity index (χ2v) is 5.88. The SMILES string of the molecule is CCc1noc(CC)c1CNC(=O)C1(COC)CCNCC1. The summed E-state index contributed by atoms with van der Waals surface area (Å²) in [5.74, 6) is 0.935. The van der Waals surface area contributed by atoms with Gasteiger partial charge < -0.3 is 19.9 Å². The summed E-state index contributed by atoms with van der Waals surface area (Å²) in [6.45, 7) is 6.72. The lowest BCUT2D eigenvalue weighted by Crippen LogP contribution is -2.50. The van der Waals surface area contributed by atoms with Crippen molar-refractivity contribution in [1.82, 2.24) is 15.8 Å². The first-order valence-electron chi connectivity index (χ1n) is 8.11. The number of methoxy groups -OCH3 is 1. The van der Waals surface area contributed by atoms with Gasteiger partial charge in [0.2, 0.25) is 5.91 Å². The molecule has 2 N–H and O–H groups in total. The average molecular weight is 309 g/mol. The van der Waals surface area contributed by atoms with E-state index in [-0.39, 0.29) is 5.91 Å². The fourth-order valence-electron chi connectivity index (χ4n) is 3.11. The number of aromatic nitrogens is 1. The number of carbonyl (C=O) groups excluding carboxylic acids is 1. The first-order chi connectivity index (χ1) is 10.7. The van der Waals surface area contributed by atoms with Crippen molar-refractivity contribution < 1.29 is 14.1 Å². The van der Waals surface area contributed by atoms with Crippen LogP contribution in [0.2, 0.25) is 0 Å². The van der Waals surface area contributed by atoms with Gasteiger partial charge in [0.1, 0.15) is 5.76 Å². The number of nitrogens with zero attached hydrogens (tertiary/aromatic N) is 1. The minimum absolute atomic E-state index is 0.0705. The summed E-state index contributed by atoms with van der Waals surface area (Å²) in [4.78, 5) is 12.7. The Morgan fingerprint density at radius 1 is 1.36 bits per heavy atom. The molecule has 2 rings (SSSR count). The Morgan fingerprint density at radius 3 is 2.68 bits per heavy atom. The number of piperidine rings is 1. The monoisotopic (exact) mass is 309 g/mol. The number of nitrogens with one attached hydrogen (secondary N) is 2. The first-order valence-corrected chi connectivity index (χ1v) is 8.11. The number of ether oxygens (including phenoxy) is 1. The zero-order valence-electron chi connectivity index (χ0n) is 13.8. The topological polar surface area (TPSA) is 76.4 Å². The van der Waals surface area contributed by atoms with Crippen LogP contribution in [-0.4, -0.2) is 37.9 Å². The predicted molar refractivity (Wildman–Crippen MR) is 83.5 cm³/mol. The van der Waals surface area contributed by atoms with Gasteiger partial charge >= 0.3 is 0 Å². The lowest BCUT2D eigenvalue weighted by atomic mass is 9.78. The van der Waals surface area contributed by atoms with E-state index in [9.17, 15) is 4.79 Å². The highest BCUT2D eigenvalue weighted by Gasteiger charge is 2.39. The molecule has 0 unspecified atom stereocenters. The molecule has 0 aliphatic carbocycles. The van der Waals surface area contributed by atoms with Crippen LogP contribution in [0.5, 0.6) is 0 Å². The third kappa shape index (κ3) is 3.50. The maximum Gasteiger partial charge on any atom is 0.228 e. The van der Waals surface area contributed by atoms with Crippen LogP contribution in [0.1, 0.15) is 43.7 Å². The van der Waals surface area contributed by atoms with Crippen molar-refractivity contribution in [3.63, 3.8) is 0 Å². The maximum atomic E-state index is 12.7. The first kappa shape index (κ1) is 17.0. The molecule has 0 bridgehead atoms. The standard InChI is InChI=1S/C16H27N3O3/c1-4-13-12(14(5-2)22-19-13)10-18-15(20)16(11-21-3)6-8-17-9-7-16/h17H,4-11H2,1-3H3,(H,18,20). The molecule has 1 aliphatic heterocycles. The van der Waals surface area contributed by atoms with E-state index < -0.39 is 5.41 Å². The summed E-state index contributed by atoms with van der Waals surface area (Å²) in [6.07, 6.45) is 3.20. The van der Waals surface area contributed by atoms with Gasteiger partial charge in [-0.1, -0.05) is 19.0 Å². The van der Waals surface area contributed by atoms with E-state index in [4.69, 9.17) is 9.26 Å². The Kier molecular flexibility index (Phi) is 5.97. The van der Waals surface area contributed by atoms with E-state index >= 15 is 0 Å². The van der Waals surface area contributed by atoms with E-state index in [1.54, 1.807) is 7.11 Å². The molecule has 1 aliphatic rings. The molecule has 1 fully saturated rings. The van der Waals surface area contributed by atoms with Crippen LogP contribution >= 0.6 is 0 Å². The van der Waals surface area contributed by atoms with Crippen molar-refractivity contribution >= 4 is 5.91 Å². The van der Waals surface area contributed by atoms with E-state index in [1.165, 1.54) is 0 Å². The van der Waals surface area contributed by atoms with Gasteiger partial charge in [0.15, 0.2) is 0 Å². The zero-order chi connectivity index (χ0) is 16.0. The second-order valence-electron chi connectivity index (χ2n) is 5.88. The number of hydrogen-bond donors (Lipinski definition) is 2. The van der Waals surface area contributed by atoms with E-state index in [0.717, 1.165) is 55.8 Å². The Bertz CT molecular complexity index is 466. The summed E-state index contributed by atoms with van der Waals surface area (Å²) >= 11 is 0. The van der Waals surface area contributed by atoms with Crippen LogP contribution in [-0.2, 0) is 28.9 Å². The molecule has 6 nitrogen and oxygen atoms in total. The summed E-state index contributed by atoms with van der Waals surface area (Å²) in [6, 6.07) is 0. The summed E-state index contributed by atoms with van der Waals surface area (Å²) < 4.78 is 10.7. The predicted octanol–water partition coefficient (Wildman–Crippen LogP) is 1.43. The highest BCUT2D eigenvalue weighted by molar-refractivity contribution is 5.83. The quantitative estimate of drug-likeness (QED) is 0.797. The Morgan fingerprint density at radius 2 is 2.09 bits per heavy atom. The number of aryl methyl sites for hydroxylation is 2. The highest BCUT2D eigenvalue weighted by atomic mass is 16.5. The van der Waals surface area contributed by atoms with Gasteiger partial charge in [-0.25, -0.2) is 0 Å². The minimum Gasteiger partial charge on any atom is -0.384 e. The van der Waals surface area contributed by atoms with Gasteiger partial charge in [-0.2, -0.15) is 0 Å². The van der Waals surface area contributed by atoms with Crippen molar-refractivity contribution in [3.8, 4) is 0 Å². The molecule has 0 atom stereocenters.